The molecule has 0 fully saturated rings. The number of nitrogens with zero attached hydrogens (tertiary/aromatic N) is 3. The minimum Gasteiger partial charge on any atom is -0.439 e. The van der Waals surface area contributed by atoms with Crippen LogP contribution in [0.25, 0.3) is 16.6 Å². The third kappa shape index (κ3) is 2.70. The van der Waals surface area contributed by atoms with Crippen LogP contribution in [0.15, 0.2) is 54.4 Å². The molecule has 0 unspecified atom stereocenters. The fourth-order valence-corrected chi connectivity index (χ4v) is 4.67. The highest BCUT2D eigenvalue weighted by atomic mass is 16.5. The molecule has 0 bridgehead atoms. The third-order valence-corrected chi connectivity index (χ3v) is 6.27. The molecule has 0 spiro atoms. The lowest BCUT2D eigenvalue weighted by Gasteiger charge is -2.15. The maximum absolute atomic E-state index is 6.24. The number of para-hydroxylation sites is 2. The molecule has 0 saturated carbocycles. The molecule has 2 aromatic carbocycles. The van der Waals surface area contributed by atoms with Gasteiger partial charge in [-0.05, 0) is 75.2 Å². The second-order valence-corrected chi connectivity index (χ2v) is 7.91. The lowest BCUT2D eigenvalue weighted by molar-refractivity contribution is -0.664. The minimum absolute atomic E-state index is 0.889. The summed E-state index contributed by atoms with van der Waals surface area (Å²) in [6, 6.07) is 13.1. The van der Waals surface area contributed by atoms with E-state index in [1.54, 1.807) is 0 Å². The normalized spacial score (nSPS) is 18.0. The lowest BCUT2D eigenvalue weighted by Crippen LogP contribution is -2.31. The van der Waals surface area contributed by atoms with Crippen molar-refractivity contribution in [3.8, 4) is 5.75 Å². The number of benzene rings is 2. The number of aryl methyl sites for hydroxylation is 4. The third-order valence-electron chi connectivity index (χ3n) is 6.27. The van der Waals surface area contributed by atoms with Crippen molar-refractivity contribution < 1.29 is 9.30 Å². The molecule has 0 atom stereocenters. The maximum atomic E-state index is 6.24. The van der Waals surface area contributed by atoms with Crippen molar-refractivity contribution in [2.24, 2.45) is 0 Å². The van der Waals surface area contributed by atoms with Gasteiger partial charge in [-0.3, -0.25) is 0 Å². The fourth-order valence-electron chi connectivity index (χ4n) is 4.67. The van der Waals surface area contributed by atoms with Crippen LogP contribution in [0.4, 0.5) is 5.69 Å². The highest BCUT2D eigenvalue weighted by molar-refractivity contribution is 5.77. The Morgan fingerprint density at radius 1 is 1.03 bits per heavy atom. The van der Waals surface area contributed by atoms with Crippen molar-refractivity contribution in [3.05, 3.63) is 71.4 Å². The van der Waals surface area contributed by atoms with E-state index in [1.165, 1.54) is 39.2 Å². The Kier molecular flexibility index (Phi) is 4.23. The van der Waals surface area contributed by atoms with E-state index in [2.05, 4.69) is 90.3 Å². The highest BCUT2D eigenvalue weighted by Crippen LogP contribution is 2.40. The van der Waals surface area contributed by atoms with Crippen LogP contribution in [0.1, 0.15) is 37.2 Å². The van der Waals surface area contributed by atoms with Gasteiger partial charge >= 0.3 is 0 Å². The van der Waals surface area contributed by atoms with Crippen LogP contribution >= 0.6 is 0 Å². The number of imidazole rings is 1. The number of hydrogen-bond acceptors (Lipinski definition) is 2. The van der Waals surface area contributed by atoms with Crippen LogP contribution in [0.3, 0.4) is 0 Å². The average Bonchev–Trinajstić information content (AvgIpc) is 3.37. The largest absolute Gasteiger partial charge is 0.439 e. The van der Waals surface area contributed by atoms with Gasteiger partial charge in [0.15, 0.2) is 16.8 Å². The van der Waals surface area contributed by atoms with Crippen molar-refractivity contribution in [3.63, 3.8) is 0 Å². The Morgan fingerprint density at radius 2 is 1.83 bits per heavy atom. The van der Waals surface area contributed by atoms with Crippen molar-refractivity contribution >= 4 is 22.3 Å². The molecule has 0 saturated heterocycles. The van der Waals surface area contributed by atoms with Gasteiger partial charge in [0.2, 0.25) is 5.88 Å². The van der Waals surface area contributed by atoms with E-state index >= 15 is 0 Å². The molecule has 0 amide bonds. The summed E-state index contributed by atoms with van der Waals surface area (Å²) in [5.74, 6) is 3.21. The topological polar surface area (TPSA) is 21.3 Å². The van der Waals surface area contributed by atoms with Gasteiger partial charge in [-0.15, -0.1) is 0 Å². The number of anilines is 1. The first-order valence-corrected chi connectivity index (χ1v) is 10.6. The van der Waals surface area contributed by atoms with Crippen LogP contribution in [0.5, 0.6) is 5.75 Å². The maximum Gasteiger partial charge on any atom is 0.285 e. The van der Waals surface area contributed by atoms with Gasteiger partial charge in [0, 0.05) is 18.5 Å². The van der Waals surface area contributed by atoms with E-state index < -0.39 is 0 Å². The standard InChI is InChI=1S/C25H28N3O/c1-5-26-22-15-17(3)18(4)16-23(22)29-24(26)12-11-19-13-14-28-21-10-8-7-9-20(21)27(6-2)25(19)28/h7-12,15-16H,5-6,13-14H2,1-4H3/q+1. The molecule has 3 heterocycles. The molecular formula is C25H28N3O+. The molecule has 0 radical (unpaired) electrons. The molecule has 2 aliphatic heterocycles. The van der Waals surface area contributed by atoms with Gasteiger partial charge in [0.05, 0.1) is 18.8 Å². The van der Waals surface area contributed by atoms with Gasteiger partial charge in [-0.2, -0.15) is 0 Å². The smallest absolute Gasteiger partial charge is 0.285 e. The van der Waals surface area contributed by atoms with Crippen molar-refractivity contribution in [1.29, 1.82) is 0 Å². The monoisotopic (exact) mass is 386 g/mol. The second kappa shape index (κ2) is 6.80. The first-order chi connectivity index (χ1) is 14.1. The summed E-state index contributed by atoms with van der Waals surface area (Å²) in [6.45, 7) is 11.6. The molecule has 0 N–H and O–H groups in total. The van der Waals surface area contributed by atoms with Crippen molar-refractivity contribution in [2.45, 2.75) is 47.2 Å². The van der Waals surface area contributed by atoms with E-state index in [4.69, 9.17) is 4.74 Å². The van der Waals surface area contributed by atoms with Crippen molar-refractivity contribution in [2.75, 3.05) is 11.4 Å². The summed E-state index contributed by atoms with van der Waals surface area (Å²) in [5.41, 5.74) is 7.75. The van der Waals surface area contributed by atoms with Gasteiger partial charge in [0.1, 0.15) is 0 Å². The number of aromatic nitrogens is 2. The molecule has 3 aromatic rings. The summed E-state index contributed by atoms with van der Waals surface area (Å²) >= 11 is 0. The lowest BCUT2D eigenvalue weighted by atomic mass is 10.1. The van der Waals surface area contributed by atoms with E-state index in [9.17, 15) is 0 Å². The predicted octanol–water partition coefficient (Wildman–Crippen LogP) is 5.11. The van der Waals surface area contributed by atoms with Crippen LogP contribution < -0.4 is 14.2 Å². The van der Waals surface area contributed by atoms with Gasteiger partial charge in [0.25, 0.3) is 5.82 Å². The van der Waals surface area contributed by atoms with Crippen LogP contribution in [-0.4, -0.2) is 11.1 Å². The van der Waals surface area contributed by atoms with Crippen LogP contribution in [-0.2, 0) is 13.1 Å². The van der Waals surface area contributed by atoms with Gasteiger partial charge in [-0.25, -0.2) is 9.13 Å². The first-order valence-electron chi connectivity index (χ1n) is 10.6. The molecule has 1 aromatic heterocycles. The molecule has 148 valence electrons. The summed E-state index contributed by atoms with van der Waals surface area (Å²) in [7, 11) is 0. The molecule has 0 aliphatic carbocycles. The number of hydrogen-bond donors (Lipinski definition) is 0. The molecule has 2 aliphatic rings. The zero-order valence-electron chi connectivity index (χ0n) is 17.7. The summed E-state index contributed by atoms with van der Waals surface area (Å²) < 4.78 is 11.1. The number of fused-ring (bicyclic) bond motifs is 4. The molecule has 4 nitrogen and oxygen atoms in total. The molecular weight excluding hydrogens is 358 g/mol. The Balaban J connectivity index is 1.56. The van der Waals surface area contributed by atoms with E-state index in [1.807, 2.05) is 0 Å². The zero-order chi connectivity index (χ0) is 20.1. The Morgan fingerprint density at radius 3 is 2.62 bits per heavy atom. The number of allylic oxidation sites excluding steroid dienone is 3. The van der Waals surface area contributed by atoms with E-state index in [-0.39, 0.29) is 0 Å². The fraction of sp³-hybridized carbons (Fsp3) is 0.320. The Bertz CT molecular complexity index is 1170. The highest BCUT2D eigenvalue weighted by Gasteiger charge is 2.32. The predicted molar refractivity (Wildman–Crippen MR) is 118 cm³/mol. The van der Waals surface area contributed by atoms with Crippen LogP contribution in [0, 0.1) is 13.8 Å². The Hall–Kier alpha value is -3.01. The van der Waals surface area contributed by atoms with E-state index in [0.717, 1.165) is 37.7 Å². The van der Waals surface area contributed by atoms with Crippen molar-refractivity contribution in [1.82, 2.24) is 4.57 Å². The van der Waals surface area contributed by atoms with Gasteiger partial charge in [-0.1, -0.05) is 12.1 Å². The quantitative estimate of drug-likeness (QED) is 0.583. The number of ether oxygens (including phenoxy) is 1. The summed E-state index contributed by atoms with van der Waals surface area (Å²) in [4.78, 5) is 2.26. The average molecular weight is 387 g/mol. The second-order valence-electron chi connectivity index (χ2n) is 7.91. The summed E-state index contributed by atoms with van der Waals surface area (Å²) in [5, 5.41) is 0. The molecule has 4 heteroatoms. The molecule has 5 rings (SSSR count). The number of rotatable bonds is 3. The molecule has 29 heavy (non-hydrogen) atoms. The Labute approximate surface area is 172 Å². The van der Waals surface area contributed by atoms with Crippen LogP contribution in [0.2, 0.25) is 0 Å². The van der Waals surface area contributed by atoms with E-state index in [0.29, 0.717) is 0 Å². The SMILES string of the molecule is CCN1C(=CC=C2CC[n+]3c2n(CC)c2ccccc23)Oc2cc(C)c(C)cc21. The first kappa shape index (κ1) is 18.0. The minimum atomic E-state index is 0.889. The summed E-state index contributed by atoms with van der Waals surface area (Å²) in [6.07, 6.45) is 5.46. The van der Waals surface area contributed by atoms with Gasteiger partial charge < -0.3 is 9.64 Å². The zero-order valence-corrected chi connectivity index (χ0v) is 17.7.